The van der Waals surface area contributed by atoms with Gasteiger partial charge >= 0.3 is 11.9 Å². The minimum atomic E-state index is -1.63. The summed E-state index contributed by atoms with van der Waals surface area (Å²) in [5, 5.41) is 11.9. The van der Waals surface area contributed by atoms with Gasteiger partial charge in [-0.25, -0.2) is 0 Å². The molecule has 0 aromatic carbocycles. The van der Waals surface area contributed by atoms with Crippen LogP contribution in [-0.4, -0.2) is 82.3 Å². The molecule has 0 saturated carbocycles. The third kappa shape index (κ3) is 80.6. The van der Waals surface area contributed by atoms with E-state index < -0.39 is 24.3 Å². The van der Waals surface area contributed by atoms with Crippen molar-refractivity contribution in [2.45, 2.75) is 373 Å². The molecule has 0 amide bonds. The molecule has 568 valence electrons. The Morgan fingerprint density at radius 1 is 0.313 bits per heavy atom. The van der Waals surface area contributed by atoms with Crippen LogP contribution in [0.4, 0.5) is 0 Å². The van der Waals surface area contributed by atoms with E-state index in [1.165, 1.54) is 218 Å². The number of carbonyl (C=O) groups excluding carboxylic acids is 3. The van der Waals surface area contributed by atoms with Gasteiger partial charge in [0.2, 0.25) is 0 Å². The van der Waals surface area contributed by atoms with E-state index in [4.69, 9.17) is 18.9 Å². The third-order valence-corrected chi connectivity index (χ3v) is 17.9. The van der Waals surface area contributed by atoms with E-state index in [0.717, 1.165) is 109 Å². The van der Waals surface area contributed by atoms with Gasteiger partial charge in [0.1, 0.15) is 13.2 Å². The highest BCUT2D eigenvalue weighted by molar-refractivity contribution is 5.70. The maximum atomic E-state index is 13.0. The Morgan fingerprint density at radius 2 is 0.576 bits per heavy atom. The fraction of sp³-hybridized carbons (Fsp3) is 0.722. The number of carboxylic acids is 1. The average molecular weight is 1380 g/mol. The molecule has 0 N–H and O–H groups in total. The molecule has 0 aliphatic rings. The van der Waals surface area contributed by atoms with Crippen molar-refractivity contribution in [1.82, 2.24) is 0 Å². The van der Waals surface area contributed by atoms with Gasteiger partial charge in [-0.2, -0.15) is 0 Å². The number of carboxylic acid groups (broad SMARTS) is 1. The normalized spacial score (nSPS) is 13.3. The summed E-state index contributed by atoms with van der Waals surface area (Å²) in [7, 11) is 5.94. The number of carbonyl (C=O) groups is 3. The first-order valence-corrected chi connectivity index (χ1v) is 41.3. The second kappa shape index (κ2) is 79.1. The Bertz CT molecular complexity index is 2100. The summed E-state index contributed by atoms with van der Waals surface area (Å²) in [4.78, 5) is 37.6. The Kier molecular flexibility index (Phi) is 75.5. The fourth-order valence-corrected chi connectivity index (χ4v) is 11.6. The summed E-state index contributed by atoms with van der Waals surface area (Å²) in [5.74, 6) is -2.28. The number of rotatable bonds is 76. The number of hydrogen-bond donors (Lipinski definition) is 0. The molecule has 0 spiro atoms. The van der Waals surface area contributed by atoms with E-state index in [0.29, 0.717) is 17.4 Å². The molecule has 0 bridgehead atoms. The quantitative estimate of drug-likeness (QED) is 0.0195. The van der Waals surface area contributed by atoms with Crippen LogP contribution >= 0.6 is 0 Å². The standard InChI is InChI=1S/C90H155NO8/c1-6-8-10-12-14-16-18-20-22-24-26-28-30-32-34-36-38-40-41-42-43-44-45-46-47-49-51-53-55-57-59-61-63-65-67-69-71-73-75-77-79-81-88(93)99-86(85-98-90(89(94)95)96-83-82-91(3,4)5)84-97-87(92)80-78-76-74-72-70-68-66-64-62-60-58-56-54-52-50-48-39-37-35-33-31-29-27-25-23-21-19-17-15-13-11-9-7-2/h8,10,14,16,20,22,25-28,32,34,38,40,42-43,45-46,49,51,55,57,86,90H,6-7,9,11-13,15,17-19,21,23-24,29-31,33,35-37,39,41,44,47-48,50,52-54,56,58-85H2,1-5H3/b10-8-,16-14-,22-20-,27-25-,28-26-,34-32-,40-38-,43-42-,46-45-,51-49-,57-55-. The average Bonchev–Trinajstić information content (AvgIpc) is 2.62. The van der Waals surface area contributed by atoms with Gasteiger partial charge in [-0.3, -0.25) is 9.59 Å². The maximum Gasteiger partial charge on any atom is 0.306 e. The molecule has 0 aliphatic carbocycles. The summed E-state index contributed by atoms with van der Waals surface area (Å²) in [6.45, 7) is 4.66. The lowest BCUT2D eigenvalue weighted by atomic mass is 10.0. The van der Waals surface area contributed by atoms with Crippen LogP contribution in [0.15, 0.2) is 134 Å². The molecule has 0 heterocycles. The predicted octanol–water partition coefficient (Wildman–Crippen LogP) is 25.5. The SMILES string of the molecule is CC/C=C\C/C=C\C/C=C\C/C=C\C/C=C\C/C=C\C/C=C\C/C=C\C/C=C\C/C=C\CCCCCCCCCCCCC(=O)OC(COC(=O)CCCCCCCCCCCCCCCCCCCCCCC/C=C\CCCCCCCCCC)COC(OCC[N+](C)(C)C)C(=O)[O-]. The van der Waals surface area contributed by atoms with Gasteiger partial charge in [0.05, 0.1) is 40.3 Å². The number of quaternary nitrogens is 1. The summed E-state index contributed by atoms with van der Waals surface area (Å²) in [6.07, 6.45) is 111. The van der Waals surface area contributed by atoms with Gasteiger partial charge in [0, 0.05) is 12.8 Å². The van der Waals surface area contributed by atoms with E-state index >= 15 is 0 Å². The monoisotopic (exact) mass is 1380 g/mol. The molecule has 0 aromatic rings. The van der Waals surface area contributed by atoms with E-state index in [9.17, 15) is 19.5 Å². The van der Waals surface area contributed by atoms with Crippen LogP contribution in [0.5, 0.6) is 0 Å². The maximum absolute atomic E-state index is 13.0. The van der Waals surface area contributed by atoms with Crippen LogP contribution in [0.25, 0.3) is 0 Å². The number of allylic oxidation sites excluding steroid dienone is 22. The highest BCUT2D eigenvalue weighted by Crippen LogP contribution is 2.18. The lowest BCUT2D eigenvalue weighted by Gasteiger charge is -2.26. The lowest BCUT2D eigenvalue weighted by molar-refractivity contribution is -0.870. The van der Waals surface area contributed by atoms with Crippen molar-refractivity contribution in [2.24, 2.45) is 0 Å². The highest BCUT2D eigenvalue weighted by atomic mass is 16.7. The van der Waals surface area contributed by atoms with Crippen LogP contribution in [-0.2, 0) is 33.3 Å². The Hall–Kier alpha value is -4.57. The van der Waals surface area contributed by atoms with Crippen LogP contribution in [0.1, 0.15) is 361 Å². The third-order valence-electron chi connectivity index (χ3n) is 17.9. The number of hydrogen-bond acceptors (Lipinski definition) is 8. The number of aliphatic carboxylic acids is 1. The van der Waals surface area contributed by atoms with Gasteiger partial charge in [-0.15, -0.1) is 0 Å². The molecule has 9 heteroatoms. The van der Waals surface area contributed by atoms with Crippen molar-refractivity contribution >= 4 is 17.9 Å². The molecule has 0 radical (unpaired) electrons. The molecule has 9 nitrogen and oxygen atoms in total. The molecule has 0 fully saturated rings. The molecule has 0 aromatic heterocycles. The van der Waals surface area contributed by atoms with Crippen LogP contribution in [0, 0.1) is 0 Å². The smallest absolute Gasteiger partial charge is 0.306 e. The molecular weight excluding hydrogens is 1220 g/mol. The zero-order chi connectivity index (χ0) is 71.8. The molecular formula is C90H155NO8. The first kappa shape index (κ1) is 94.4. The van der Waals surface area contributed by atoms with Gasteiger partial charge < -0.3 is 33.3 Å². The van der Waals surface area contributed by atoms with Gasteiger partial charge in [0.25, 0.3) is 0 Å². The molecule has 0 saturated heterocycles. The van der Waals surface area contributed by atoms with Crippen molar-refractivity contribution in [3.63, 3.8) is 0 Å². The number of ether oxygens (including phenoxy) is 4. The minimum Gasteiger partial charge on any atom is -0.545 e. The number of likely N-dealkylation sites (N-methyl/N-ethyl adjacent to an activating group) is 1. The summed E-state index contributed by atoms with van der Waals surface area (Å²) in [6, 6.07) is 0. The molecule has 2 unspecified atom stereocenters. The predicted molar refractivity (Wildman–Crippen MR) is 426 cm³/mol. The van der Waals surface area contributed by atoms with Crippen molar-refractivity contribution in [1.29, 1.82) is 0 Å². The lowest BCUT2D eigenvalue weighted by Crippen LogP contribution is -2.44. The molecule has 99 heavy (non-hydrogen) atoms. The summed E-state index contributed by atoms with van der Waals surface area (Å²) < 4.78 is 22.9. The second-order valence-corrected chi connectivity index (χ2v) is 28.7. The zero-order valence-corrected chi connectivity index (χ0v) is 65.1. The molecule has 2 atom stereocenters. The number of esters is 2. The summed E-state index contributed by atoms with van der Waals surface area (Å²) in [5.41, 5.74) is 0. The van der Waals surface area contributed by atoms with Crippen molar-refractivity contribution in [2.75, 3.05) is 47.5 Å². The Balaban J connectivity index is 4.06. The van der Waals surface area contributed by atoms with Crippen LogP contribution < -0.4 is 5.11 Å². The first-order chi connectivity index (χ1) is 48.6. The Labute approximate surface area is 611 Å². The van der Waals surface area contributed by atoms with Gasteiger partial charge in [-0.05, 0) is 116 Å². The first-order valence-electron chi connectivity index (χ1n) is 41.3. The van der Waals surface area contributed by atoms with Crippen LogP contribution in [0.2, 0.25) is 0 Å². The van der Waals surface area contributed by atoms with Gasteiger partial charge in [-0.1, -0.05) is 366 Å². The van der Waals surface area contributed by atoms with E-state index in [2.05, 4.69) is 148 Å². The largest absolute Gasteiger partial charge is 0.545 e. The van der Waals surface area contributed by atoms with Gasteiger partial charge in [0.15, 0.2) is 12.4 Å². The zero-order valence-electron chi connectivity index (χ0n) is 65.1. The van der Waals surface area contributed by atoms with Crippen molar-refractivity contribution in [3.05, 3.63) is 134 Å². The Morgan fingerprint density at radius 3 is 0.869 bits per heavy atom. The molecule has 0 aliphatic heterocycles. The van der Waals surface area contributed by atoms with E-state index in [1.54, 1.807) is 0 Å². The van der Waals surface area contributed by atoms with E-state index in [-0.39, 0.29) is 38.6 Å². The topological polar surface area (TPSA) is 111 Å². The van der Waals surface area contributed by atoms with Crippen LogP contribution in [0.3, 0.4) is 0 Å². The second-order valence-electron chi connectivity index (χ2n) is 28.7. The van der Waals surface area contributed by atoms with Crippen molar-refractivity contribution < 1.29 is 42.9 Å². The fourth-order valence-electron chi connectivity index (χ4n) is 11.6. The number of nitrogens with zero attached hydrogens (tertiary/aromatic N) is 1. The van der Waals surface area contributed by atoms with E-state index in [1.807, 2.05) is 21.1 Å². The summed E-state index contributed by atoms with van der Waals surface area (Å²) >= 11 is 0. The molecule has 0 rings (SSSR count). The van der Waals surface area contributed by atoms with Crippen molar-refractivity contribution in [3.8, 4) is 0 Å². The number of unbranched alkanes of at least 4 members (excludes halogenated alkanes) is 39. The highest BCUT2D eigenvalue weighted by Gasteiger charge is 2.22. The minimum absolute atomic E-state index is 0.143.